The van der Waals surface area contributed by atoms with Gasteiger partial charge in [0.25, 0.3) is 0 Å². The molecule has 1 saturated heterocycles. The van der Waals surface area contributed by atoms with Gasteiger partial charge in [-0.1, -0.05) is 0 Å². The third kappa shape index (κ3) is 9.13. The fourth-order valence-corrected chi connectivity index (χ4v) is 4.62. The number of carbonyl (C=O) groups excluding carboxylic acids is 4. The maximum absolute atomic E-state index is 11.7. The van der Waals surface area contributed by atoms with Gasteiger partial charge in [-0.3, -0.25) is 23.7 Å². The topological polar surface area (TPSA) is 175 Å². The van der Waals surface area contributed by atoms with Gasteiger partial charge in [-0.25, -0.2) is 0 Å². The third-order valence-electron chi connectivity index (χ3n) is 3.48. The highest BCUT2D eigenvalue weighted by molar-refractivity contribution is 8.04. The molecule has 1 aliphatic rings. The first-order chi connectivity index (χ1) is 13.3. The largest absolute Gasteiger partial charge is 0.463 e. The molecule has 3 N–H and O–H groups in total. The van der Waals surface area contributed by atoms with Crippen LogP contribution in [-0.2, 0) is 42.7 Å². The summed E-state index contributed by atoms with van der Waals surface area (Å²) in [5.41, 5.74) is -1.76. The summed E-state index contributed by atoms with van der Waals surface area (Å²) in [5.74, 6) is -2.69. The molecule has 29 heavy (non-hydrogen) atoms. The van der Waals surface area contributed by atoms with Crippen molar-refractivity contribution >= 4 is 43.2 Å². The molecule has 0 aliphatic carbocycles. The van der Waals surface area contributed by atoms with Gasteiger partial charge >= 0.3 is 25.5 Å². The fraction of sp³-hybridized carbons (Fsp3) is 0.733. The summed E-state index contributed by atoms with van der Waals surface area (Å²) in [6.07, 6.45) is -3.63. The van der Waals surface area contributed by atoms with E-state index in [1.54, 1.807) is 0 Å². The first kappa shape index (κ1) is 25.4. The summed E-state index contributed by atoms with van der Waals surface area (Å²) in [4.78, 5) is 64.4. The van der Waals surface area contributed by atoms with Crippen molar-refractivity contribution in [2.45, 2.75) is 57.5 Å². The van der Waals surface area contributed by atoms with Crippen LogP contribution in [0.3, 0.4) is 0 Å². The Kier molecular flexibility index (Phi) is 9.56. The van der Waals surface area contributed by atoms with E-state index in [9.17, 15) is 23.7 Å². The first-order valence-corrected chi connectivity index (χ1v) is 11.2. The lowest BCUT2D eigenvalue weighted by atomic mass is 9.97. The van der Waals surface area contributed by atoms with Gasteiger partial charge in [0.15, 0.2) is 12.2 Å². The number of esters is 3. The van der Waals surface area contributed by atoms with Gasteiger partial charge in [0.2, 0.25) is 5.91 Å². The molecule has 166 valence electrons. The summed E-state index contributed by atoms with van der Waals surface area (Å²) >= 11 is 0.672. The van der Waals surface area contributed by atoms with Crippen LogP contribution in [0.1, 0.15) is 27.7 Å². The summed E-state index contributed by atoms with van der Waals surface area (Å²) in [7, 11) is -4.44. The Morgan fingerprint density at radius 1 is 1.00 bits per heavy atom. The van der Waals surface area contributed by atoms with Gasteiger partial charge in [0.1, 0.15) is 24.2 Å². The van der Waals surface area contributed by atoms with Crippen molar-refractivity contribution in [1.82, 2.24) is 5.32 Å². The maximum Gasteiger partial charge on any atom is 0.335 e. The summed E-state index contributed by atoms with van der Waals surface area (Å²) in [6.45, 7) is 4.15. The minimum Gasteiger partial charge on any atom is -0.463 e. The first-order valence-electron chi connectivity index (χ1n) is 8.36. The molecule has 1 fully saturated rings. The van der Waals surface area contributed by atoms with Gasteiger partial charge in [0.05, 0.1) is 5.49 Å². The smallest absolute Gasteiger partial charge is 0.335 e. The number of thioether (sulfide) groups is 1. The normalized spacial score (nSPS) is 26.9. The van der Waals surface area contributed by atoms with Crippen molar-refractivity contribution < 1.29 is 52.5 Å². The van der Waals surface area contributed by atoms with Gasteiger partial charge < -0.3 is 34.1 Å². The van der Waals surface area contributed by atoms with E-state index < -0.39 is 66.7 Å². The van der Waals surface area contributed by atoms with Crippen molar-refractivity contribution in [3.05, 3.63) is 0 Å². The number of ether oxygens (including phenoxy) is 4. The molecule has 0 aromatic heterocycles. The van der Waals surface area contributed by atoms with Crippen LogP contribution in [-0.4, -0.2) is 75.5 Å². The highest BCUT2D eigenvalue weighted by Crippen LogP contribution is 2.43. The van der Waals surface area contributed by atoms with Crippen LogP contribution in [0.4, 0.5) is 0 Å². The standard InChI is InChI=1S/C15H24NO11PS/c1-7(17)16-12-14(26-10(4)20)13(25-9(3)19)11(5-24-8(2)18)27-15(12)29-6-28(21,22)23/h11-15H,5-6H2,1-4H3,(H,16,17)(H2,21,22,23)/t11-,12-,13-,14-,15-/m1/s1. The summed E-state index contributed by atoms with van der Waals surface area (Å²) in [6, 6.07) is -1.11. The van der Waals surface area contributed by atoms with E-state index in [0.29, 0.717) is 11.8 Å². The predicted molar refractivity (Wildman–Crippen MR) is 98.5 cm³/mol. The Morgan fingerprint density at radius 3 is 2.00 bits per heavy atom. The van der Waals surface area contributed by atoms with Crippen molar-refractivity contribution in [2.24, 2.45) is 0 Å². The van der Waals surface area contributed by atoms with Crippen LogP contribution in [0.25, 0.3) is 0 Å². The number of rotatable bonds is 8. The molecule has 0 radical (unpaired) electrons. The zero-order valence-corrected chi connectivity index (χ0v) is 17.9. The van der Waals surface area contributed by atoms with Crippen LogP contribution in [0.15, 0.2) is 0 Å². The third-order valence-corrected chi connectivity index (χ3v) is 6.15. The van der Waals surface area contributed by atoms with Crippen molar-refractivity contribution in [2.75, 3.05) is 12.1 Å². The lowest BCUT2D eigenvalue weighted by Gasteiger charge is -2.45. The van der Waals surface area contributed by atoms with E-state index in [4.69, 9.17) is 28.7 Å². The zero-order chi connectivity index (χ0) is 22.4. The molecule has 0 unspecified atom stereocenters. The second kappa shape index (κ2) is 10.9. The molecular weight excluding hydrogens is 433 g/mol. The minimum absolute atomic E-state index is 0.384. The Morgan fingerprint density at radius 2 is 1.55 bits per heavy atom. The molecule has 0 aromatic rings. The second-order valence-corrected chi connectivity index (χ2v) is 9.34. The molecule has 5 atom stereocenters. The van der Waals surface area contributed by atoms with Gasteiger partial charge in [-0.2, -0.15) is 0 Å². The highest BCUT2D eigenvalue weighted by Gasteiger charge is 2.51. The van der Waals surface area contributed by atoms with Crippen LogP contribution in [0, 0.1) is 0 Å². The number of nitrogens with one attached hydrogen (secondary N) is 1. The average molecular weight is 457 g/mol. The molecule has 0 aromatic carbocycles. The van der Waals surface area contributed by atoms with Crippen LogP contribution >= 0.6 is 19.4 Å². The molecule has 1 amide bonds. The lowest BCUT2D eigenvalue weighted by Crippen LogP contribution is -2.65. The molecule has 1 heterocycles. The molecule has 14 heteroatoms. The Bertz CT molecular complexity index is 681. The number of carbonyl (C=O) groups is 4. The Balaban J connectivity index is 3.29. The Labute approximate surface area is 171 Å². The van der Waals surface area contributed by atoms with Crippen molar-refractivity contribution in [3.8, 4) is 0 Å². The highest BCUT2D eigenvalue weighted by atomic mass is 32.2. The number of hydrogen-bond donors (Lipinski definition) is 3. The van der Waals surface area contributed by atoms with E-state index in [-0.39, 0.29) is 6.61 Å². The van der Waals surface area contributed by atoms with Crippen LogP contribution in [0.2, 0.25) is 0 Å². The van der Waals surface area contributed by atoms with Gasteiger partial charge in [-0.05, 0) is 0 Å². The minimum atomic E-state index is -4.44. The fourth-order valence-electron chi connectivity index (χ4n) is 2.60. The molecule has 1 aliphatic heterocycles. The zero-order valence-electron chi connectivity index (χ0n) is 16.2. The van der Waals surface area contributed by atoms with Crippen LogP contribution in [0.5, 0.6) is 0 Å². The second-order valence-electron chi connectivity index (χ2n) is 6.18. The Hall–Kier alpha value is -1.66. The molecule has 0 spiro atoms. The number of amides is 1. The van der Waals surface area contributed by atoms with Crippen molar-refractivity contribution in [1.29, 1.82) is 0 Å². The van der Waals surface area contributed by atoms with Crippen molar-refractivity contribution in [3.63, 3.8) is 0 Å². The van der Waals surface area contributed by atoms with Gasteiger partial charge in [0, 0.05) is 27.7 Å². The van der Waals surface area contributed by atoms with E-state index >= 15 is 0 Å². The van der Waals surface area contributed by atoms with Crippen LogP contribution < -0.4 is 5.32 Å². The predicted octanol–water partition coefficient (Wildman–Crippen LogP) is -0.489. The number of hydrogen-bond acceptors (Lipinski definition) is 10. The summed E-state index contributed by atoms with van der Waals surface area (Å²) < 4.78 is 32.4. The molecule has 0 saturated carbocycles. The maximum atomic E-state index is 11.7. The van der Waals surface area contributed by atoms with Gasteiger partial charge in [-0.15, -0.1) is 11.8 Å². The van der Waals surface area contributed by atoms with E-state index in [0.717, 1.165) is 20.8 Å². The average Bonchev–Trinajstić information content (AvgIpc) is 2.53. The molecule has 0 bridgehead atoms. The SMILES string of the molecule is CC(=O)N[C@@H]1[C@@H](OC(C)=O)[C@H](OC(C)=O)[C@@H](COC(C)=O)O[C@@H]1SCP(=O)(O)O. The molecular formula is C15H24NO11PS. The van der Waals surface area contributed by atoms with E-state index in [1.807, 2.05) is 0 Å². The van der Waals surface area contributed by atoms with E-state index in [1.165, 1.54) is 6.92 Å². The lowest BCUT2D eigenvalue weighted by molar-refractivity contribution is -0.211. The molecule has 1 rings (SSSR count). The van der Waals surface area contributed by atoms with E-state index in [2.05, 4.69) is 5.32 Å². The monoisotopic (exact) mass is 457 g/mol. The quantitative estimate of drug-likeness (QED) is 0.243. The summed E-state index contributed by atoms with van der Waals surface area (Å²) in [5, 5.41) is 2.50. The molecule has 12 nitrogen and oxygen atoms in total.